The SMILES string of the molecule is C=C(/C(C)=C(\N=C/N)C(=O)N1CCC(NC2CCOCC2OC)CC1)N1CCC(c2ccc(Cl)cc2)CC1. The summed E-state index contributed by atoms with van der Waals surface area (Å²) in [4.78, 5) is 22.0. The van der Waals surface area contributed by atoms with Crippen LogP contribution < -0.4 is 11.1 Å². The van der Waals surface area contributed by atoms with Crippen LogP contribution in [-0.2, 0) is 14.3 Å². The van der Waals surface area contributed by atoms with Crippen molar-refractivity contribution in [2.45, 2.75) is 63.1 Å². The summed E-state index contributed by atoms with van der Waals surface area (Å²) in [7, 11) is 1.74. The number of carbonyl (C=O) groups is 1. The number of benzene rings is 1. The number of methoxy groups -OCH3 is 1. The summed E-state index contributed by atoms with van der Waals surface area (Å²) in [6, 6.07) is 8.78. The highest BCUT2D eigenvalue weighted by molar-refractivity contribution is 6.30. The fourth-order valence-corrected chi connectivity index (χ4v) is 5.94. The molecule has 0 aliphatic carbocycles. The first-order chi connectivity index (χ1) is 18.4. The van der Waals surface area contributed by atoms with E-state index in [1.54, 1.807) is 7.11 Å². The molecule has 3 aliphatic rings. The molecule has 1 aromatic rings. The Morgan fingerprint density at radius 3 is 2.42 bits per heavy atom. The number of aliphatic imine (C=N–C) groups is 1. The fraction of sp³-hybridized carbons (Fsp3) is 0.586. The van der Waals surface area contributed by atoms with E-state index < -0.39 is 0 Å². The van der Waals surface area contributed by atoms with Crippen LogP contribution in [0.5, 0.6) is 0 Å². The minimum Gasteiger partial charge on any atom is -0.390 e. The van der Waals surface area contributed by atoms with Crippen LogP contribution in [0.1, 0.15) is 50.5 Å². The lowest BCUT2D eigenvalue weighted by Gasteiger charge is -2.38. The third-order valence-corrected chi connectivity index (χ3v) is 8.50. The van der Waals surface area contributed by atoms with Crippen LogP contribution in [0.2, 0.25) is 5.02 Å². The number of likely N-dealkylation sites (tertiary alicyclic amines) is 2. The van der Waals surface area contributed by atoms with Gasteiger partial charge in [-0.15, -0.1) is 0 Å². The number of amides is 1. The first kappa shape index (κ1) is 28.6. The second-order valence-corrected chi connectivity index (χ2v) is 10.9. The molecule has 3 fully saturated rings. The Labute approximate surface area is 231 Å². The van der Waals surface area contributed by atoms with E-state index in [2.05, 4.69) is 33.9 Å². The molecule has 9 heteroatoms. The smallest absolute Gasteiger partial charge is 0.272 e. The van der Waals surface area contributed by atoms with Crippen molar-refractivity contribution < 1.29 is 14.3 Å². The molecule has 8 nitrogen and oxygen atoms in total. The predicted octanol–water partition coefficient (Wildman–Crippen LogP) is 3.68. The lowest BCUT2D eigenvalue weighted by atomic mass is 9.89. The maximum Gasteiger partial charge on any atom is 0.272 e. The molecule has 3 saturated heterocycles. The monoisotopic (exact) mass is 543 g/mol. The lowest BCUT2D eigenvalue weighted by Crippen LogP contribution is -2.54. The van der Waals surface area contributed by atoms with Crippen LogP contribution in [0, 0.1) is 0 Å². The highest BCUT2D eigenvalue weighted by Crippen LogP contribution is 2.32. The van der Waals surface area contributed by atoms with Crippen molar-refractivity contribution in [1.82, 2.24) is 15.1 Å². The van der Waals surface area contributed by atoms with Gasteiger partial charge in [-0.1, -0.05) is 30.3 Å². The van der Waals surface area contributed by atoms with E-state index in [4.69, 9.17) is 26.8 Å². The van der Waals surface area contributed by atoms with E-state index in [1.165, 1.54) is 11.9 Å². The van der Waals surface area contributed by atoms with Gasteiger partial charge < -0.3 is 30.3 Å². The third kappa shape index (κ3) is 6.97. The topological polar surface area (TPSA) is 92.4 Å². The summed E-state index contributed by atoms with van der Waals surface area (Å²) in [5, 5.41) is 4.50. The third-order valence-electron chi connectivity index (χ3n) is 8.25. The summed E-state index contributed by atoms with van der Waals surface area (Å²) < 4.78 is 11.1. The van der Waals surface area contributed by atoms with Crippen molar-refractivity contribution in [3.05, 3.63) is 58.4 Å². The average Bonchev–Trinajstić information content (AvgIpc) is 2.96. The van der Waals surface area contributed by atoms with Gasteiger partial charge in [-0.25, -0.2) is 4.99 Å². The standard InChI is InChI=1S/C29H42ClN5O3/c1-20(21(2)34-13-8-23(9-14-34)22-4-6-24(30)7-5-22)28(32-19-31)29(36)35-15-10-25(11-16-35)33-26-12-17-38-18-27(26)37-3/h4-7,19,23,25-27,33H,2,8-18H2,1,3H3,(H2,31,32)/b28-20-. The number of rotatable bonds is 8. The normalized spacial score (nSPS) is 24.5. The van der Waals surface area contributed by atoms with Gasteiger partial charge in [-0.05, 0) is 62.6 Å². The molecule has 0 spiro atoms. The number of hydrogen-bond donors (Lipinski definition) is 2. The molecule has 3 N–H and O–H groups in total. The minimum atomic E-state index is -0.0827. The maximum absolute atomic E-state index is 13.5. The molecule has 0 bridgehead atoms. The zero-order valence-electron chi connectivity index (χ0n) is 22.7. The molecule has 1 amide bonds. The second-order valence-electron chi connectivity index (χ2n) is 10.5. The molecule has 0 aromatic heterocycles. The molecule has 0 radical (unpaired) electrons. The number of ether oxygens (including phenoxy) is 2. The van der Waals surface area contributed by atoms with Gasteiger partial charge in [0.15, 0.2) is 0 Å². The van der Waals surface area contributed by atoms with E-state index in [9.17, 15) is 4.79 Å². The number of nitrogens with two attached hydrogens (primary N) is 1. The quantitative estimate of drug-likeness (QED) is 0.225. The Morgan fingerprint density at radius 1 is 1.13 bits per heavy atom. The molecule has 3 aliphatic heterocycles. The highest BCUT2D eigenvalue weighted by Gasteiger charge is 2.32. The first-order valence-electron chi connectivity index (χ1n) is 13.7. The number of nitrogens with one attached hydrogen (secondary N) is 1. The van der Waals surface area contributed by atoms with Gasteiger partial charge in [0.2, 0.25) is 0 Å². The van der Waals surface area contributed by atoms with Crippen molar-refractivity contribution in [3.8, 4) is 0 Å². The zero-order chi connectivity index (χ0) is 27.1. The zero-order valence-corrected chi connectivity index (χ0v) is 23.5. The number of piperidine rings is 2. The maximum atomic E-state index is 13.5. The van der Waals surface area contributed by atoms with Crippen LogP contribution in [0.25, 0.3) is 0 Å². The molecule has 3 heterocycles. The molecule has 0 saturated carbocycles. The minimum absolute atomic E-state index is 0.0711. The van der Waals surface area contributed by atoms with Crippen LogP contribution in [0.3, 0.4) is 0 Å². The first-order valence-corrected chi connectivity index (χ1v) is 14.1. The van der Waals surface area contributed by atoms with Crippen LogP contribution in [-0.4, -0.2) is 86.7 Å². The molecule has 38 heavy (non-hydrogen) atoms. The second kappa shape index (κ2) is 13.6. The summed E-state index contributed by atoms with van der Waals surface area (Å²) in [5.41, 5.74) is 9.01. The number of nitrogens with zero attached hydrogens (tertiary/aromatic N) is 3. The number of halogens is 1. The Hall–Kier alpha value is -2.39. The van der Waals surface area contributed by atoms with Gasteiger partial charge >= 0.3 is 0 Å². The van der Waals surface area contributed by atoms with Gasteiger partial charge in [0, 0.05) is 68.3 Å². The summed E-state index contributed by atoms with van der Waals surface area (Å²) in [5.74, 6) is 0.416. The van der Waals surface area contributed by atoms with Crippen molar-refractivity contribution in [2.24, 2.45) is 10.7 Å². The number of allylic oxidation sites excluding steroid dienone is 1. The molecule has 2 atom stereocenters. The van der Waals surface area contributed by atoms with E-state index in [0.29, 0.717) is 37.4 Å². The number of carbonyl (C=O) groups excluding carboxylic acids is 1. The molecule has 208 valence electrons. The molecular weight excluding hydrogens is 502 g/mol. The van der Waals surface area contributed by atoms with Gasteiger partial charge in [-0.3, -0.25) is 4.79 Å². The van der Waals surface area contributed by atoms with Crippen LogP contribution in [0.4, 0.5) is 0 Å². The highest BCUT2D eigenvalue weighted by atomic mass is 35.5. The predicted molar refractivity (Wildman–Crippen MR) is 152 cm³/mol. The molecule has 1 aromatic carbocycles. The lowest BCUT2D eigenvalue weighted by molar-refractivity contribution is -0.128. The van der Waals surface area contributed by atoms with Crippen molar-refractivity contribution in [2.75, 3.05) is 46.5 Å². The van der Waals surface area contributed by atoms with Crippen LogP contribution in [0.15, 0.2) is 52.8 Å². The van der Waals surface area contributed by atoms with Crippen molar-refractivity contribution >= 4 is 23.8 Å². The van der Waals surface area contributed by atoms with E-state index >= 15 is 0 Å². The molecule has 4 rings (SSSR count). The Bertz CT molecular complexity index is 1010. The average molecular weight is 544 g/mol. The van der Waals surface area contributed by atoms with Gasteiger partial charge in [0.25, 0.3) is 5.91 Å². The van der Waals surface area contributed by atoms with Gasteiger partial charge in [0.1, 0.15) is 5.70 Å². The molecule has 2 unspecified atom stereocenters. The molecular formula is C29H42ClN5O3. The fourth-order valence-electron chi connectivity index (χ4n) is 5.82. The van der Waals surface area contributed by atoms with E-state index in [-0.39, 0.29) is 18.1 Å². The Balaban J connectivity index is 1.34. The van der Waals surface area contributed by atoms with E-state index in [1.807, 2.05) is 24.0 Å². The summed E-state index contributed by atoms with van der Waals surface area (Å²) in [6.45, 7) is 10.8. The summed E-state index contributed by atoms with van der Waals surface area (Å²) >= 11 is 6.06. The van der Waals surface area contributed by atoms with Crippen molar-refractivity contribution in [1.29, 1.82) is 0 Å². The van der Waals surface area contributed by atoms with Gasteiger partial charge in [-0.2, -0.15) is 0 Å². The van der Waals surface area contributed by atoms with E-state index in [0.717, 1.165) is 68.1 Å². The largest absolute Gasteiger partial charge is 0.390 e. The number of hydrogen-bond acceptors (Lipinski definition) is 6. The summed E-state index contributed by atoms with van der Waals surface area (Å²) in [6.07, 6.45) is 6.04. The van der Waals surface area contributed by atoms with Gasteiger partial charge in [0.05, 0.1) is 19.0 Å². The Kier molecular flexibility index (Phi) is 10.2. The Morgan fingerprint density at radius 2 is 1.79 bits per heavy atom. The van der Waals surface area contributed by atoms with Crippen molar-refractivity contribution in [3.63, 3.8) is 0 Å². The van der Waals surface area contributed by atoms with Crippen LogP contribution >= 0.6 is 11.6 Å².